The molecule has 0 atom stereocenters. The summed E-state index contributed by atoms with van der Waals surface area (Å²) < 4.78 is 5.11. The zero-order chi connectivity index (χ0) is 8.39. The molecule has 0 fully saturated rings. The minimum absolute atomic E-state index is 0.571. The Labute approximate surface area is 70.7 Å². The molecule has 1 aromatic rings. The Kier molecular flexibility index (Phi) is 1.56. The maximum absolute atomic E-state index is 8.63. The van der Waals surface area contributed by atoms with E-state index in [-0.39, 0.29) is 0 Å². The molecule has 1 heterocycles. The summed E-state index contributed by atoms with van der Waals surface area (Å²) in [6, 6.07) is 7.71. The van der Waals surface area contributed by atoms with Crippen LogP contribution < -0.4 is 0 Å². The van der Waals surface area contributed by atoms with Crippen LogP contribution in [-0.4, -0.2) is 0 Å². The second kappa shape index (κ2) is 2.71. The zero-order valence-electron chi connectivity index (χ0n) is 6.45. The quantitative estimate of drug-likeness (QED) is 0.577. The summed E-state index contributed by atoms with van der Waals surface area (Å²) in [4.78, 5) is 0. The lowest BCUT2D eigenvalue weighted by Crippen LogP contribution is -1.96. The number of fused-ring (bicyclic) bond motifs is 1. The van der Waals surface area contributed by atoms with Crippen molar-refractivity contribution in [1.29, 1.82) is 5.26 Å². The summed E-state index contributed by atoms with van der Waals surface area (Å²) in [6.45, 7) is 0.571. The van der Waals surface area contributed by atoms with Gasteiger partial charge in [-0.05, 0) is 29.3 Å². The van der Waals surface area contributed by atoms with Crippen molar-refractivity contribution < 1.29 is 4.74 Å². The van der Waals surface area contributed by atoms with Gasteiger partial charge in [0.2, 0.25) is 0 Å². The third-order valence-electron chi connectivity index (χ3n) is 1.85. The van der Waals surface area contributed by atoms with E-state index >= 15 is 0 Å². The van der Waals surface area contributed by atoms with E-state index in [9.17, 15) is 0 Å². The van der Waals surface area contributed by atoms with Crippen LogP contribution in [0.2, 0.25) is 0 Å². The molecule has 58 valence electrons. The van der Waals surface area contributed by atoms with Crippen molar-refractivity contribution in [2.45, 2.75) is 6.61 Å². The van der Waals surface area contributed by atoms with Crippen molar-refractivity contribution in [3.8, 4) is 6.07 Å². The molecule has 0 amide bonds. The molecule has 0 aromatic heterocycles. The smallest absolute Gasteiger partial charge is 0.113 e. The highest BCUT2D eigenvalue weighted by Crippen LogP contribution is 2.18. The van der Waals surface area contributed by atoms with E-state index in [1.807, 2.05) is 24.3 Å². The Balaban J connectivity index is 2.53. The van der Waals surface area contributed by atoms with Crippen molar-refractivity contribution in [2.75, 3.05) is 0 Å². The Bertz CT molecular complexity index is 374. The van der Waals surface area contributed by atoms with E-state index in [1.165, 1.54) is 0 Å². The molecule has 2 heteroatoms. The van der Waals surface area contributed by atoms with Gasteiger partial charge in [0.15, 0.2) is 0 Å². The molecule has 0 N–H and O–H groups in total. The molecule has 1 aromatic carbocycles. The van der Waals surface area contributed by atoms with Crippen LogP contribution in [0.15, 0.2) is 24.5 Å². The molecule has 0 bridgehead atoms. The van der Waals surface area contributed by atoms with Crippen LogP contribution in [0.3, 0.4) is 0 Å². The van der Waals surface area contributed by atoms with Crippen molar-refractivity contribution in [2.24, 2.45) is 0 Å². The van der Waals surface area contributed by atoms with Gasteiger partial charge in [-0.15, -0.1) is 0 Å². The van der Waals surface area contributed by atoms with Gasteiger partial charge >= 0.3 is 0 Å². The monoisotopic (exact) mass is 157 g/mol. The molecule has 0 saturated carbocycles. The number of benzene rings is 1. The zero-order valence-corrected chi connectivity index (χ0v) is 6.45. The number of ether oxygens (including phenoxy) is 1. The second-order valence-electron chi connectivity index (χ2n) is 2.64. The van der Waals surface area contributed by atoms with Crippen LogP contribution in [0, 0.1) is 11.3 Å². The van der Waals surface area contributed by atoms with Crippen LogP contribution in [0.4, 0.5) is 0 Å². The molecule has 0 aliphatic carbocycles. The van der Waals surface area contributed by atoms with E-state index in [2.05, 4.69) is 6.07 Å². The number of hydrogen-bond donors (Lipinski definition) is 0. The number of nitrogens with zero attached hydrogens (tertiary/aromatic N) is 1. The molecule has 12 heavy (non-hydrogen) atoms. The molecule has 2 nitrogen and oxygen atoms in total. The van der Waals surface area contributed by atoms with Crippen LogP contribution in [-0.2, 0) is 11.3 Å². The summed E-state index contributed by atoms with van der Waals surface area (Å²) in [6.07, 6.45) is 3.58. The maximum Gasteiger partial charge on any atom is 0.113 e. The van der Waals surface area contributed by atoms with Crippen LogP contribution >= 0.6 is 0 Å². The van der Waals surface area contributed by atoms with Crippen molar-refractivity contribution in [1.82, 2.24) is 0 Å². The van der Waals surface area contributed by atoms with Crippen LogP contribution in [0.5, 0.6) is 0 Å². The summed E-state index contributed by atoms with van der Waals surface area (Å²) in [7, 11) is 0. The fraction of sp³-hybridized carbons (Fsp3) is 0.100. The van der Waals surface area contributed by atoms with Gasteiger partial charge in [-0.2, -0.15) is 5.26 Å². The van der Waals surface area contributed by atoms with E-state index in [4.69, 9.17) is 10.00 Å². The molecule has 0 spiro atoms. The molecular weight excluding hydrogens is 150 g/mol. The first-order chi connectivity index (χ1) is 5.90. The van der Waals surface area contributed by atoms with E-state index in [0.29, 0.717) is 12.2 Å². The Hall–Kier alpha value is -1.75. The van der Waals surface area contributed by atoms with E-state index in [1.54, 1.807) is 6.26 Å². The number of nitriles is 1. The summed E-state index contributed by atoms with van der Waals surface area (Å²) >= 11 is 0. The molecule has 2 rings (SSSR count). The summed E-state index contributed by atoms with van der Waals surface area (Å²) in [5.74, 6) is 0. The largest absolute Gasteiger partial charge is 0.496 e. The average molecular weight is 157 g/mol. The first-order valence-corrected chi connectivity index (χ1v) is 3.71. The molecule has 1 aliphatic rings. The molecule has 1 aliphatic heterocycles. The van der Waals surface area contributed by atoms with Gasteiger partial charge in [-0.25, -0.2) is 0 Å². The Morgan fingerprint density at radius 3 is 3.17 bits per heavy atom. The van der Waals surface area contributed by atoms with Crippen LogP contribution in [0.1, 0.15) is 16.7 Å². The SMILES string of the molecule is N#Cc1ccc2c(c1)COC=C2. The highest BCUT2D eigenvalue weighted by molar-refractivity contribution is 5.56. The lowest BCUT2D eigenvalue weighted by Gasteiger charge is -2.10. The molecular formula is C10H7NO. The predicted octanol–water partition coefficient (Wildman–Crippen LogP) is 2.06. The number of rotatable bonds is 0. The Morgan fingerprint density at radius 1 is 1.42 bits per heavy atom. The molecule has 0 radical (unpaired) electrons. The van der Waals surface area contributed by atoms with Gasteiger partial charge in [0.05, 0.1) is 17.9 Å². The number of hydrogen-bond acceptors (Lipinski definition) is 2. The van der Waals surface area contributed by atoms with Gasteiger partial charge in [-0.1, -0.05) is 6.07 Å². The van der Waals surface area contributed by atoms with Crippen molar-refractivity contribution >= 4 is 6.08 Å². The summed E-state index contributed by atoms with van der Waals surface area (Å²) in [5, 5.41) is 8.63. The predicted molar refractivity (Wildman–Crippen MR) is 45.0 cm³/mol. The third-order valence-corrected chi connectivity index (χ3v) is 1.85. The third kappa shape index (κ3) is 1.06. The molecule has 0 unspecified atom stereocenters. The molecule has 0 saturated heterocycles. The summed E-state index contributed by atoms with van der Waals surface area (Å²) in [5.41, 5.74) is 2.91. The second-order valence-corrected chi connectivity index (χ2v) is 2.64. The Morgan fingerprint density at radius 2 is 2.33 bits per heavy atom. The van der Waals surface area contributed by atoms with Crippen molar-refractivity contribution in [3.63, 3.8) is 0 Å². The maximum atomic E-state index is 8.63. The normalized spacial score (nSPS) is 12.9. The first kappa shape index (κ1) is 6.93. The van der Waals surface area contributed by atoms with Gasteiger partial charge in [-0.3, -0.25) is 0 Å². The topological polar surface area (TPSA) is 33.0 Å². The fourth-order valence-corrected chi connectivity index (χ4v) is 1.22. The lowest BCUT2D eigenvalue weighted by atomic mass is 10.0. The van der Waals surface area contributed by atoms with Crippen molar-refractivity contribution in [3.05, 3.63) is 41.2 Å². The van der Waals surface area contributed by atoms with Gasteiger partial charge < -0.3 is 4.74 Å². The first-order valence-electron chi connectivity index (χ1n) is 3.71. The van der Waals surface area contributed by atoms with Gasteiger partial charge in [0, 0.05) is 0 Å². The van der Waals surface area contributed by atoms with E-state index < -0.39 is 0 Å². The lowest BCUT2D eigenvalue weighted by molar-refractivity contribution is 0.234. The van der Waals surface area contributed by atoms with Gasteiger partial charge in [0.1, 0.15) is 6.61 Å². The van der Waals surface area contributed by atoms with Crippen LogP contribution in [0.25, 0.3) is 6.08 Å². The fourth-order valence-electron chi connectivity index (χ4n) is 1.22. The minimum atomic E-state index is 0.571. The highest BCUT2D eigenvalue weighted by atomic mass is 16.5. The standard InChI is InChI=1S/C10H7NO/c11-6-8-1-2-9-3-4-12-7-10(9)5-8/h1-5H,7H2. The van der Waals surface area contributed by atoms with Gasteiger partial charge in [0.25, 0.3) is 0 Å². The highest BCUT2D eigenvalue weighted by Gasteiger charge is 2.04. The average Bonchev–Trinajstić information content (AvgIpc) is 2.17. The van der Waals surface area contributed by atoms with E-state index in [0.717, 1.165) is 11.1 Å². The minimum Gasteiger partial charge on any atom is -0.496 e.